The fraction of sp³-hybridized carbons (Fsp3) is 0.304. The lowest BCUT2D eigenvalue weighted by Crippen LogP contribution is -2.33. The molecule has 0 radical (unpaired) electrons. The molecule has 28 heavy (non-hydrogen) atoms. The van der Waals surface area contributed by atoms with Gasteiger partial charge in [-0.1, -0.05) is 35.9 Å². The third-order valence-electron chi connectivity index (χ3n) is 5.72. The topological polar surface area (TPSA) is 62.0 Å². The second kappa shape index (κ2) is 7.60. The van der Waals surface area contributed by atoms with Crippen molar-refractivity contribution < 1.29 is 9.90 Å². The molecule has 0 saturated carbocycles. The van der Waals surface area contributed by atoms with E-state index in [1.54, 1.807) is 18.3 Å². The summed E-state index contributed by atoms with van der Waals surface area (Å²) in [5, 5.41) is 9.41. The van der Waals surface area contributed by atoms with Crippen LogP contribution in [0.15, 0.2) is 59.5 Å². The third kappa shape index (κ3) is 3.58. The average molecular weight is 376 g/mol. The fourth-order valence-corrected chi connectivity index (χ4v) is 4.11. The SMILES string of the molecule is Cc1ccc(C2CCN(Cc3cc(C(=O)O)c(=O)n4ccccc34)CC2)cc1. The van der Waals surface area contributed by atoms with Crippen LogP contribution in [0.25, 0.3) is 5.52 Å². The quantitative estimate of drug-likeness (QED) is 0.754. The van der Waals surface area contributed by atoms with Crippen LogP contribution in [0.1, 0.15) is 45.8 Å². The first-order valence-corrected chi connectivity index (χ1v) is 9.68. The Hall–Kier alpha value is -2.92. The van der Waals surface area contributed by atoms with Crippen LogP contribution in [0.2, 0.25) is 0 Å². The number of pyridine rings is 2. The Morgan fingerprint density at radius 3 is 2.50 bits per heavy atom. The molecule has 1 aliphatic heterocycles. The molecule has 0 bridgehead atoms. The molecule has 0 spiro atoms. The number of aromatic nitrogens is 1. The fourth-order valence-electron chi connectivity index (χ4n) is 4.11. The molecule has 1 aromatic carbocycles. The molecule has 1 saturated heterocycles. The molecule has 2 aromatic heterocycles. The van der Waals surface area contributed by atoms with Crippen LogP contribution in [0.5, 0.6) is 0 Å². The maximum absolute atomic E-state index is 12.4. The monoisotopic (exact) mass is 376 g/mol. The van der Waals surface area contributed by atoms with Gasteiger partial charge in [0.05, 0.1) is 5.52 Å². The van der Waals surface area contributed by atoms with Gasteiger partial charge >= 0.3 is 5.97 Å². The summed E-state index contributed by atoms with van der Waals surface area (Å²) in [5.41, 5.74) is 3.68. The van der Waals surface area contributed by atoms with Crippen LogP contribution < -0.4 is 5.56 Å². The van der Waals surface area contributed by atoms with Crippen molar-refractivity contribution in [3.63, 3.8) is 0 Å². The number of likely N-dealkylation sites (tertiary alicyclic amines) is 1. The van der Waals surface area contributed by atoms with E-state index in [9.17, 15) is 14.7 Å². The number of aromatic carboxylic acids is 1. The highest BCUT2D eigenvalue weighted by molar-refractivity contribution is 5.88. The number of rotatable bonds is 4. The van der Waals surface area contributed by atoms with Gasteiger partial charge in [-0.15, -0.1) is 0 Å². The molecule has 1 N–H and O–H groups in total. The summed E-state index contributed by atoms with van der Waals surface area (Å²) in [7, 11) is 0. The summed E-state index contributed by atoms with van der Waals surface area (Å²) in [6.07, 6.45) is 3.80. The number of carboxylic acid groups (broad SMARTS) is 1. The summed E-state index contributed by atoms with van der Waals surface area (Å²) in [6.45, 7) is 4.67. The van der Waals surface area contributed by atoms with Crippen LogP contribution >= 0.6 is 0 Å². The number of hydrogen-bond acceptors (Lipinski definition) is 3. The minimum atomic E-state index is -1.18. The average Bonchev–Trinajstić information content (AvgIpc) is 2.71. The van der Waals surface area contributed by atoms with E-state index in [2.05, 4.69) is 36.1 Å². The zero-order valence-electron chi connectivity index (χ0n) is 16.0. The van der Waals surface area contributed by atoms with Crippen molar-refractivity contribution in [2.45, 2.75) is 32.2 Å². The van der Waals surface area contributed by atoms with Gasteiger partial charge in [-0.3, -0.25) is 14.1 Å². The van der Waals surface area contributed by atoms with E-state index in [0.29, 0.717) is 12.5 Å². The van der Waals surface area contributed by atoms with Crippen molar-refractivity contribution in [2.75, 3.05) is 13.1 Å². The lowest BCUT2D eigenvalue weighted by molar-refractivity contribution is 0.0694. The molecule has 3 heterocycles. The summed E-state index contributed by atoms with van der Waals surface area (Å²) < 4.78 is 1.44. The van der Waals surface area contributed by atoms with Crippen LogP contribution in [0, 0.1) is 6.92 Å². The van der Waals surface area contributed by atoms with Crippen molar-refractivity contribution in [1.29, 1.82) is 0 Å². The van der Waals surface area contributed by atoms with E-state index >= 15 is 0 Å². The van der Waals surface area contributed by atoms with Crippen LogP contribution in [-0.2, 0) is 6.54 Å². The summed E-state index contributed by atoms with van der Waals surface area (Å²) >= 11 is 0. The Bertz CT molecular complexity index is 1060. The van der Waals surface area contributed by atoms with Gasteiger partial charge in [-0.05, 0) is 68.1 Å². The number of fused-ring (bicyclic) bond motifs is 1. The van der Waals surface area contributed by atoms with E-state index in [0.717, 1.165) is 37.0 Å². The third-order valence-corrected chi connectivity index (χ3v) is 5.72. The Morgan fingerprint density at radius 1 is 1.11 bits per heavy atom. The molecular formula is C23H24N2O3. The molecule has 1 fully saturated rings. The maximum Gasteiger partial charge on any atom is 0.341 e. The molecule has 3 aromatic rings. The number of nitrogens with zero attached hydrogens (tertiary/aromatic N) is 2. The van der Waals surface area contributed by atoms with Gasteiger partial charge in [-0.2, -0.15) is 0 Å². The molecule has 5 heteroatoms. The molecule has 0 atom stereocenters. The number of carbonyl (C=O) groups is 1. The van der Waals surface area contributed by atoms with Crippen molar-refractivity contribution >= 4 is 11.5 Å². The first kappa shape index (κ1) is 18.4. The van der Waals surface area contributed by atoms with Crippen molar-refractivity contribution in [2.24, 2.45) is 0 Å². The first-order chi connectivity index (χ1) is 13.5. The Labute approximate surface area is 163 Å². The van der Waals surface area contributed by atoms with E-state index in [1.165, 1.54) is 15.5 Å². The Kier molecular flexibility index (Phi) is 5.01. The number of aryl methyl sites for hydroxylation is 1. The molecule has 0 unspecified atom stereocenters. The standard InChI is InChI=1S/C23H24N2O3/c1-16-5-7-17(8-6-16)18-9-12-24(13-10-18)15-19-14-20(23(27)28)22(26)25-11-3-2-4-21(19)25/h2-8,11,14,18H,9-10,12-13,15H2,1H3,(H,27,28). The van der Waals surface area contributed by atoms with Gasteiger partial charge in [0.2, 0.25) is 0 Å². The number of piperidine rings is 1. The molecular weight excluding hydrogens is 352 g/mol. The zero-order valence-corrected chi connectivity index (χ0v) is 16.0. The Balaban J connectivity index is 1.54. The number of hydrogen-bond donors (Lipinski definition) is 1. The van der Waals surface area contributed by atoms with Gasteiger partial charge in [0.15, 0.2) is 0 Å². The lowest BCUT2D eigenvalue weighted by atomic mass is 9.89. The number of carboxylic acids is 1. The zero-order chi connectivity index (χ0) is 19.7. The van der Waals surface area contributed by atoms with E-state index in [1.807, 2.05) is 12.1 Å². The molecule has 144 valence electrons. The van der Waals surface area contributed by atoms with E-state index in [-0.39, 0.29) is 5.56 Å². The van der Waals surface area contributed by atoms with Gasteiger partial charge in [0.25, 0.3) is 5.56 Å². The Morgan fingerprint density at radius 2 is 1.82 bits per heavy atom. The van der Waals surface area contributed by atoms with Crippen LogP contribution in [0.3, 0.4) is 0 Å². The molecule has 5 nitrogen and oxygen atoms in total. The summed E-state index contributed by atoms with van der Waals surface area (Å²) in [5.74, 6) is -0.607. The minimum Gasteiger partial charge on any atom is -0.477 e. The largest absolute Gasteiger partial charge is 0.477 e. The van der Waals surface area contributed by atoms with Crippen molar-refractivity contribution in [3.05, 3.63) is 87.3 Å². The number of benzene rings is 1. The van der Waals surface area contributed by atoms with Gasteiger partial charge in [0.1, 0.15) is 5.56 Å². The lowest BCUT2D eigenvalue weighted by Gasteiger charge is -2.32. The van der Waals surface area contributed by atoms with Crippen LogP contribution in [-0.4, -0.2) is 33.5 Å². The molecule has 1 aliphatic rings. The maximum atomic E-state index is 12.4. The summed E-state index contributed by atoms with van der Waals surface area (Å²) in [6, 6.07) is 15.8. The highest BCUT2D eigenvalue weighted by atomic mass is 16.4. The van der Waals surface area contributed by atoms with Crippen molar-refractivity contribution in [3.8, 4) is 0 Å². The molecule has 4 rings (SSSR count). The normalized spacial score (nSPS) is 15.8. The predicted octanol–water partition coefficient (Wildman–Crippen LogP) is 3.69. The van der Waals surface area contributed by atoms with Gasteiger partial charge in [-0.25, -0.2) is 4.79 Å². The first-order valence-electron chi connectivity index (χ1n) is 9.68. The highest BCUT2D eigenvalue weighted by Crippen LogP contribution is 2.29. The smallest absolute Gasteiger partial charge is 0.341 e. The second-order valence-electron chi connectivity index (χ2n) is 7.61. The van der Waals surface area contributed by atoms with Crippen LogP contribution in [0.4, 0.5) is 0 Å². The van der Waals surface area contributed by atoms with Gasteiger partial charge < -0.3 is 5.11 Å². The van der Waals surface area contributed by atoms with E-state index in [4.69, 9.17) is 0 Å². The predicted molar refractivity (Wildman–Crippen MR) is 109 cm³/mol. The van der Waals surface area contributed by atoms with E-state index < -0.39 is 11.5 Å². The highest BCUT2D eigenvalue weighted by Gasteiger charge is 2.22. The van der Waals surface area contributed by atoms with Crippen molar-refractivity contribution in [1.82, 2.24) is 9.30 Å². The minimum absolute atomic E-state index is 0.173. The molecule has 0 aliphatic carbocycles. The second-order valence-corrected chi connectivity index (χ2v) is 7.61. The van der Waals surface area contributed by atoms with Gasteiger partial charge in [0, 0.05) is 12.7 Å². The molecule has 0 amide bonds. The summed E-state index contributed by atoms with van der Waals surface area (Å²) in [4.78, 5) is 26.3.